The molecule has 1 saturated heterocycles. The third-order valence-electron chi connectivity index (χ3n) is 2.98. The van der Waals surface area contributed by atoms with Gasteiger partial charge in [0.2, 0.25) is 0 Å². The standard InChI is InChI=1S/C10H17NO4/c1-10(8(12)14-2)4-6-11(7-5-10)9(13)15-3/h4-7H2,1-3H3. The van der Waals surface area contributed by atoms with Crippen LogP contribution in [0.3, 0.4) is 0 Å². The van der Waals surface area contributed by atoms with E-state index < -0.39 is 5.41 Å². The Labute approximate surface area is 89.3 Å². The fourth-order valence-electron chi connectivity index (χ4n) is 1.76. The van der Waals surface area contributed by atoms with Crippen molar-refractivity contribution < 1.29 is 19.1 Å². The van der Waals surface area contributed by atoms with E-state index in [1.54, 1.807) is 4.90 Å². The summed E-state index contributed by atoms with van der Waals surface area (Å²) in [7, 11) is 2.75. The van der Waals surface area contributed by atoms with Crippen LogP contribution in [0.5, 0.6) is 0 Å². The van der Waals surface area contributed by atoms with Crippen molar-refractivity contribution >= 4 is 12.1 Å². The van der Waals surface area contributed by atoms with E-state index in [9.17, 15) is 9.59 Å². The molecule has 0 aliphatic carbocycles. The Bertz CT molecular complexity index is 256. The van der Waals surface area contributed by atoms with E-state index in [4.69, 9.17) is 4.74 Å². The van der Waals surface area contributed by atoms with Crippen LogP contribution in [0.2, 0.25) is 0 Å². The Morgan fingerprint density at radius 1 is 1.13 bits per heavy atom. The van der Waals surface area contributed by atoms with Gasteiger partial charge in [-0.3, -0.25) is 4.79 Å². The Morgan fingerprint density at radius 3 is 2.07 bits per heavy atom. The lowest BCUT2D eigenvalue weighted by Gasteiger charge is -2.36. The molecule has 1 rings (SSSR count). The first-order chi connectivity index (χ1) is 7.03. The van der Waals surface area contributed by atoms with E-state index in [1.807, 2.05) is 6.92 Å². The molecule has 0 saturated carbocycles. The predicted molar refractivity (Wildman–Crippen MR) is 53.3 cm³/mol. The number of methoxy groups -OCH3 is 2. The van der Waals surface area contributed by atoms with Gasteiger partial charge in [-0.25, -0.2) is 4.79 Å². The van der Waals surface area contributed by atoms with E-state index in [2.05, 4.69) is 4.74 Å². The van der Waals surface area contributed by atoms with Gasteiger partial charge in [0.25, 0.3) is 0 Å². The quantitative estimate of drug-likeness (QED) is 0.613. The maximum absolute atomic E-state index is 11.5. The molecule has 0 N–H and O–H groups in total. The number of rotatable bonds is 1. The van der Waals surface area contributed by atoms with Gasteiger partial charge in [0.05, 0.1) is 19.6 Å². The molecule has 15 heavy (non-hydrogen) atoms. The molecule has 0 atom stereocenters. The predicted octanol–water partition coefficient (Wildman–Crippen LogP) is 1.03. The average molecular weight is 215 g/mol. The lowest BCUT2D eigenvalue weighted by molar-refractivity contribution is -0.154. The molecular formula is C10H17NO4. The number of carbonyl (C=O) groups is 2. The lowest BCUT2D eigenvalue weighted by atomic mass is 9.80. The van der Waals surface area contributed by atoms with Gasteiger partial charge in [-0.15, -0.1) is 0 Å². The smallest absolute Gasteiger partial charge is 0.409 e. The second kappa shape index (κ2) is 4.51. The van der Waals surface area contributed by atoms with Crippen molar-refractivity contribution in [2.45, 2.75) is 19.8 Å². The number of carbonyl (C=O) groups excluding carboxylic acids is 2. The minimum atomic E-state index is -0.459. The van der Waals surface area contributed by atoms with Crippen LogP contribution in [-0.2, 0) is 14.3 Å². The van der Waals surface area contributed by atoms with Crippen LogP contribution in [0.1, 0.15) is 19.8 Å². The third kappa shape index (κ3) is 2.40. The van der Waals surface area contributed by atoms with Crippen molar-refractivity contribution in [3.8, 4) is 0 Å². The second-order valence-corrected chi connectivity index (χ2v) is 4.01. The summed E-state index contributed by atoms with van der Waals surface area (Å²) in [5, 5.41) is 0. The number of hydrogen-bond donors (Lipinski definition) is 0. The summed E-state index contributed by atoms with van der Waals surface area (Å²) in [6.07, 6.45) is 0.908. The van der Waals surface area contributed by atoms with Gasteiger partial charge in [-0.1, -0.05) is 0 Å². The number of esters is 1. The fraction of sp³-hybridized carbons (Fsp3) is 0.800. The van der Waals surface area contributed by atoms with Crippen molar-refractivity contribution in [2.75, 3.05) is 27.3 Å². The van der Waals surface area contributed by atoms with Crippen LogP contribution < -0.4 is 0 Å². The van der Waals surface area contributed by atoms with Crippen molar-refractivity contribution in [1.29, 1.82) is 0 Å². The lowest BCUT2D eigenvalue weighted by Crippen LogP contribution is -2.45. The normalized spacial score (nSPS) is 19.5. The molecule has 0 aromatic heterocycles. The van der Waals surface area contributed by atoms with Gasteiger partial charge in [0.1, 0.15) is 0 Å². The summed E-state index contributed by atoms with van der Waals surface area (Å²) in [4.78, 5) is 24.3. The summed E-state index contributed by atoms with van der Waals surface area (Å²) in [5.74, 6) is -0.202. The van der Waals surface area contributed by atoms with Crippen LogP contribution in [0, 0.1) is 5.41 Å². The molecule has 0 radical (unpaired) electrons. The third-order valence-corrected chi connectivity index (χ3v) is 2.98. The maximum Gasteiger partial charge on any atom is 0.409 e. The van der Waals surface area contributed by atoms with E-state index in [0.717, 1.165) is 0 Å². The molecule has 1 heterocycles. The van der Waals surface area contributed by atoms with Crippen LogP contribution in [0.4, 0.5) is 4.79 Å². The Hall–Kier alpha value is -1.26. The highest BCUT2D eigenvalue weighted by Crippen LogP contribution is 2.32. The summed E-state index contributed by atoms with van der Waals surface area (Å²) in [5.41, 5.74) is -0.459. The zero-order chi connectivity index (χ0) is 11.5. The maximum atomic E-state index is 11.5. The van der Waals surface area contributed by atoms with Crippen LogP contribution in [0.15, 0.2) is 0 Å². The van der Waals surface area contributed by atoms with Crippen molar-refractivity contribution in [1.82, 2.24) is 4.90 Å². The molecule has 5 heteroatoms. The summed E-state index contributed by atoms with van der Waals surface area (Å²) in [6.45, 7) is 2.95. The minimum Gasteiger partial charge on any atom is -0.469 e. The Balaban J connectivity index is 2.55. The molecule has 0 aromatic carbocycles. The topological polar surface area (TPSA) is 55.8 Å². The number of nitrogens with zero attached hydrogens (tertiary/aromatic N) is 1. The van der Waals surface area contributed by atoms with E-state index in [1.165, 1.54) is 14.2 Å². The van der Waals surface area contributed by atoms with Crippen LogP contribution in [0.25, 0.3) is 0 Å². The number of likely N-dealkylation sites (tertiary alicyclic amines) is 1. The fourth-order valence-corrected chi connectivity index (χ4v) is 1.76. The Kier molecular flexibility index (Phi) is 3.55. The van der Waals surface area contributed by atoms with Crippen molar-refractivity contribution in [3.05, 3.63) is 0 Å². The van der Waals surface area contributed by atoms with Gasteiger partial charge >= 0.3 is 12.1 Å². The zero-order valence-corrected chi connectivity index (χ0v) is 9.41. The molecule has 0 aromatic rings. The molecule has 1 fully saturated rings. The Morgan fingerprint density at radius 2 is 1.67 bits per heavy atom. The van der Waals surface area contributed by atoms with Gasteiger partial charge in [0.15, 0.2) is 0 Å². The first-order valence-corrected chi connectivity index (χ1v) is 4.95. The summed E-state index contributed by atoms with van der Waals surface area (Å²) < 4.78 is 9.36. The van der Waals surface area contributed by atoms with Crippen LogP contribution in [-0.4, -0.2) is 44.3 Å². The van der Waals surface area contributed by atoms with Gasteiger partial charge in [-0.2, -0.15) is 0 Å². The first-order valence-electron chi connectivity index (χ1n) is 4.95. The van der Waals surface area contributed by atoms with Crippen molar-refractivity contribution in [2.24, 2.45) is 5.41 Å². The summed E-state index contributed by atoms with van der Waals surface area (Å²) >= 11 is 0. The molecule has 1 aliphatic rings. The number of ether oxygens (including phenoxy) is 2. The van der Waals surface area contributed by atoms with E-state index in [0.29, 0.717) is 25.9 Å². The first kappa shape index (κ1) is 11.8. The molecule has 1 aliphatic heterocycles. The molecule has 1 amide bonds. The monoisotopic (exact) mass is 215 g/mol. The highest BCUT2D eigenvalue weighted by atomic mass is 16.5. The van der Waals surface area contributed by atoms with Gasteiger partial charge < -0.3 is 14.4 Å². The highest BCUT2D eigenvalue weighted by Gasteiger charge is 2.39. The van der Waals surface area contributed by atoms with E-state index >= 15 is 0 Å². The van der Waals surface area contributed by atoms with Crippen LogP contribution >= 0.6 is 0 Å². The highest BCUT2D eigenvalue weighted by molar-refractivity contribution is 5.77. The zero-order valence-electron chi connectivity index (χ0n) is 9.41. The van der Waals surface area contributed by atoms with Crippen molar-refractivity contribution in [3.63, 3.8) is 0 Å². The largest absolute Gasteiger partial charge is 0.469 e. The van der Waals surface area contributed by atoms with Gasteiger partial charge in [-0.05, 0) is 19.8 Å². The molecule has 0 bridgehead atoms. The number of amides is 1. The molecule has 0 spiro atoms. The molecule has 86 valence electrons. The number of piperidine rings is 1. The average Bonchev–Trinajstić information content (AvgIpc) is 2.28. The molecular weight excluding hydrogens is 198 g/mol. The molecule has 5 nitrogen and oxygen atoms in total. The van der Waals surface area contributed by atoms with E-state index in [-0.39, 0.29) is 12.1 Å². The van der Waals surface area contributed by atoms with Gasteiger partial charge in [0, 0.05) is 13.1 Å². The molecule has 0 unspecified atom stereocenters. The number of hydrogen-bond acceptors (Lipinski definition) is 4. The minimum absolute atomic E-state index is 0.202. The summed E-state index contributed by atoms with van der Waals surface area (Å²) in [6, 6.07) is 0. The second-order valence-electron chi connectivity index (χ2n) is 4.01. The SMILES string of the molecule is COC(=O)N1CCC(C)(C(=O)OC)CC1.